The Balaban J connectivity index is 1.88. The van der Waals surface area contributed by atoms with Crippen LogP contribution in [-0.4, -0.2) is 18.5 Å². The van der Waals surface area contributed by atoms with Gasteiger partial charge < -0.3 is 10.1 Å². The summed E-state index contributed by atoms with van der Waals surface area (Å²) in [4.78, 5) is 23.4. The third kappa shape index (κ3) is 4.33. The normalized spacial score (nSPS) is 9.64. The lowest BCUT2D eigenvalue weighted by Gasteiger charge is -2.07. The number of amides is 1. The van der Waals surface area contributed by atoms with Crippen molar-refractivity contribution in [3.05, 3.63) is 64.7 Å². The summed E-state index contributed by atoms with van der Waals surface area (Å²) in [6, 6.07) is 14.6. The predicted octanol–water partition coefficient (Wildman–Crippen LogP) is 3.01. The summed E-state index contributed by atoms with van der Waals surface area (Å²) in [6.45, 7) is -0.418. The topological polar surface area (TPSA) is 79.2 Å². The molecular formula is C16H11ClN2O3. The lowest BCUT2D eigenvalue weighted by atomic mass is 10.2. The summed E-state index contributed by atoms with van der Waals surface area (Å²) in [5, 5.41) is 11.8. The number of ether oxygens (including phenoxy) is 1. The van der Waals surface area contributed by atoms with Crippen LogP contribution in [0.2, 0.25) is 5.02 Å². The van der Waals surface area contributed by atoms with Gasteiger partial charge in [0.2, 0.25) is 0 Å². The minimum absolute atomic E-state index is 0.309. The monoisotopic (exact) mass is 314 g/mol. The number of hydrogen-bond acceptors (Lipinski definition) is 4. The van der Waals surface area contributed by atoms with Crippen molar-refractivity contribution in [3.63, 3.8) is 0 Å². The van der Waals surface area contributed by atoms with Crippen LogP contribution in [0.1, 0.15) is 15.9 Å². The highest BCUT2D eigenvalue weighted by molar-refractivity contribution is 6.30. The first-order chi connectivity index (χ1) is 10.6. The van der Waals surface area contributed by atoms with Gasteiger partial charge >= 0.3 is 5.97 Å². The van der Waals surface area contributed by atoms with E-state index in [1.807, 2.05) is 6.07 Å². The molecule has 0 aliphatic heterocycles. The van der Waals surface area contributed by atoms with Crippen molar-refractivity contribution in [3.8, 4) is 6.07 Å². The van der Waals surface area contributed by atoms with E-state index in [1.165, 1.54) is 18.2 Å². The number of nitrogens with zero attached hydrogens (tertiary/aromatic N) is 1. The molecule has 1 N–H and O–H groups in total. The quantitative estimate of drug-likeness (QED) is 0.880. The SMILES string of the molecule is N#Cc1cccc(NC(=O)COC(=O)c2ccc(Cl)cc2)c1. The average Bonchev–Trinajstić information content (AvgIpc) is 2.53. The number of anilines is 1. The first kappa shape index (κ1) is 15.5. The van der Waals surface area contributed by atoms with Crippen molar-refractivity contribution in [2.75, 3.05) is 11.9 Å². The van der Waals surface area contributed by atoms with Gasteiger partial charge in [0.15, 0.2) is 6.61 Å². The van der Waals surface area contributed by atoms with Gasteiger partial charge in [-0.15, -0.1) is 0 Å². The van der Waals surface area contributed by atoms with Gasteiger partial charge in [-0.3, -0.25) is 4.79 Å². The number of carbonyl (C=O) groups is 2. The second-order valence-corrected chi connectivity index (χ2v) is 4.76. The first-order valence-electron chi connectivity index (χ1n) is 6.31. The highest BCUT2D eigenvalue weighted by atomic mass is 35.5. The molecule has 0 saturated heterocycles. The summed E-state index contributed by atoms with van der Waals surface area (Å²) in [6.07, 6.45) is 0. The minimum Gasteiger partial charge on any atom is -0.452 e. The van der Waals surface area contributed by atoms with Gasteiger partial charge in [0.05, 0.1) is 17.2 Å². The first-order valence-corrected chi connectivity index (χ1v) is 6.69. The van der Waals surface area contributed by atoms with Crippen molar-refractivity contribution in [2.45, 2.75) is 0 Å². The molecule has 0 spiro atoms. The zero-order chi connectivity index (χ0) is 15.9. The summed E-state index contributed by atoms with van der Waals surface area (Å²) in [5.74, 6) is -1.10. The number of halogens is 1. The van der Waals surface area contributed by atoms with Crippen molar-refractivity contribution in [1.29, 1.82) is 5.26 Å². The lowest BCUT2D eigenvalue weighted by molar-refractivity contribution is -0.119. The Morgan fingerprint density at radius 3 is 2.59 bits per heavy atom. The van der Waals surface area contributed by atoms with E-state index in [4.69, 9.17) is 21.6 Å². The van der Waals surface area contributed by atoms with Crippen LogP contribution in [0.3, 0.4) is 0 Å². The van der Waals surface area contributed by atoms with E-state index < -0.39 is 18.5 Å². The van der Waals surface area contributed by atoms with Crippen molar-refractivity contribution < 1.29 is 14.3 Å². The van der Waals surface area contributed by atoms with E-state index in [1.54, 1.807) is 30.3 Å². The fraction of sp³-hybridized carbons (Fsp3) is 0.0625. The van der Waals surface area contributed by atoms with Crippen LogP contribution in [0.5, 0.6) is 0 Å². The molecule has 0 heterocycles. The molecule has 0 aliphatic carbocycles. The molecule has 0 atom stereocenters. The molecule has 1 amide bonds. The number of hydrogen-bond donors (Lipinski definition) is 1. The van der Waals surface area contributed by atoms with Crippen LogP contribution in [0.15, 0.2) is 48.5 Å². The van der Waals surface area contributed by atoms with E-state index in [0.717, 1.165) is 0 Å². The molecule has 0 saturated carbocycles. The molecule has 6 heteroatoms. The molecule has 0 unspecified atom stereocenters. The molecule has 0 fully saturated rings. The summed E-state index contributed by atoms with van der Waals surface area (Å²) in [5.41, 5.74) is 1.20. The number of benzene rings is 2. The number of rotatable bonds is 4. The standard InChI is InChI=1S/C16H11ClN2O3/c17-13-6-4-12(5-7-13)16(21)22-10-15(20)19-14-3-1-2-11(8-14)9-18/h1-8H,10H2,(H,19,20). The van der Waals surface area contributed by atoms with Gasteiger partial charge in [0.1, 0.15) is 0 Å². The number of nitriles is 1. The average molecular weight is 315 g/mol. The van der Waals surface area contributed by atoms with E-state index in [2.05, 4.69) is 5.32 Å². The minimum atomic E-state index is -0.613. The van der Waals surface area contributed by atoms with Crippen LogP contribution in [0.4, 0.5) is 5.69 Å². The van der Waals surface area contributed by atoms with Gasteiger partial charge in [-0.05, 0) is 42.5 Å². The third-order valence-corrected chi connectivity index (χ3v) is 2.94. The van der Waals surface area contributed by atoms with E-state index in [-0.39, 0.29) is 0 Å². The third-order valence-electron chi connectivity index (χ3n) is 2.69. The largest absolute Gasteiger partial charge is 0.452 e. The summed E-state index contributed by atoms with van der Waals surface area (Å²) >= 11 is 5.72. The Morgan fingerprint density at radius 1 is 1.18 bits per heavy atom. The highest BCUT2D eigenvalue weighted by Crippen LogP contribution is 2.11. The maximum Gasteiger partial charge on any atom is 0.338 e. The Kier molecular flexibility index (Phi) is 5.12. The van der Waals surface area contributed by atoms with Gasteiger partial charge in [-0.1, -0.05) is 17.7 Å². The Bertz CT molecular complexity index is 736. The number of esters is 1. The Hall–Kier alpha value is -2.84. The van der Waals surface area contributed by atoms with Crippen molar-refractivity contribution in [1.82, 2.24) is 0 Å². The van der Waals surface area contributed by atoms with Crippen molar-refractivity contribution >= 4 is 29.2 Å². The van der Waals surface area contributed by atoms with Gasteiger partial charge in [0.25, 0.3) is 5.91 Å². The number of carbonyl (C=O) groups excluding carboxylic acids is 2. The fourth-order valence-corrected chi connectivity index (χ4v) is 1.79. The molecule has 0 aromatic heterocycles. The maximum atomic E-state index is 11.7. The van der Waals surface area contributed by atoms with Crippen LogP contribution >= 0.6 is 11.6 Å². The molecule has 0 aliphatic rings. The van der Waals surface area contributed by atoms with Gasteiger partial charge in [-0.2, -0.15) is 5.26 Å². The molecule has 5 nitrogen and oxygen atoms in total. The fourth-order valence-electron chi connectivity index (χ4n) is 1.66. The van der Waals surface area contributed by atoms with Crippen molar-refractivity contribution in [2.24, 2.45) is 0 Å². The van der Waals surface area contributed by atoms with E-state index >= 15 is 0 Å². The summed E-state index contributed by atoms with van der Waals surface area (Å²) < 4.78 is 4.90. The molecule has 2 aromatic rings. The zero-order valence-corrected chi connectivity index (χ0v) is 12.1. The molecule has 2 aromatic carbocycles. The maximum absolute atomic E-state index is 11.7. The second kappa shape index (κ2) is 7.25. The highest BCUT2D eigenvalue weighted by Gasteiger charge is 2.10. The van der Waals surface area contributed by atoms with Crippen LogP contribution in [0, 0.1) is 11.3 Å². The Labute approximate surface area is 132 Å². The van der Waals surface area contributed by atoms with Crippen LogP contribution in [0.25, 0.3) is 0 Å². The van der Waals surface area contributed by atoms with E-state index in [0.29, 0.717) is 21.8 Å². The Morgan fingerprint density at radius 2 is 1.91 bits per heavy atom. The summed E-state index contributed by atoms with van der Waals surface area (Å²) in [7, 11) is 0. The van der Waals surface area contributed by atoms with Crippen LogP contribution < -0.4 is 5.32 Å². The predicted molar refractivity (Wildman–Crippen MR) is 81.5 cm³/mol. The molecule has 0 radical (unpaired) electrons. The zero-order valence-electron chi connectivity index (χ0n) is 11.4. The molecule has 110 valence electrons. The lowest BCUT2D eigenvalue weighted by Crippen LogP contribution is -2.20. The second-order valence-electron chi connectivity index (χ2n) is 4.32. The molecule has 2 rings (SSSR count). The number of nitrogens with one attached hydrogen (secondary N) is 1. The van der Waals surface area contributed by atoms with Crippen LogP contribution in [-0.2, 0) is 9.53 Å². The van der Waals surface area contributed by atoms with Gasteiger partial charge in [0, 0.05) is 10.7 Å². The molecule has 22 heavy (non-hydrogen) atoms. The van der Waals surface area contributed by atoms with Gasteiger partial charge in [-0.25, -0.2) is 4.79 Å². The molecular weight excluding hydrogens is 304 g/mol. The van der Waals surface area contributed by atoms with E-state index in [9.17, 15) is 9.59 Å². The smallest absolute Gasteiger partial charge is 0.338 e. The molecule has 0 bridgehead atoms.